The number of hydrogen-bond donors (Lipinski definition) is 1. The second-order valence-electron chi connectivity index (χ2n) is 4.73. The molecule has 0 bridgehead atoms. The average molecular weight is 327 g/mol. The number of nitrogens with one attached hydrogen (secondary N) is 1. The molecule has 8 heteroatoms. The van der Waals surface area contributed by atoms with E-state index in [1.165, 1.54) is 12.4 Å². The quantitative estimate of drug-likeness (QED) is 0.850. The van der Waals surface area contributed by atoms with Gasteiger partial charge in [-0.05, 0) is 43.4 Å². The number of nitrogens with zero attached hydrogens (tertiary/aromatic N) is 3. The summed E-state index contributed by atoms with van der Waals surface area (Å²) < 4.78 is 26.9. The van der Waals surface area contributed by atoms with Crippen molar-refractivity contribution in [1.29, 1.82) is 0 Å². The van der Waals surface area contributed by atoms with Crippen LogP contribution in [0, 0.1) is 0 Å². The van der Waals surface area contributed by atoms with Crippen molar-refractivity contribution in [2.45, 2.75) is 11.4 Å². The lowest BCUT2D eigenvalue weighted by molar-refractivity contribution is 0.402. The van der Waals surface area contributed by atoms with Gasteiger partial charge in [0.15, 0.2) is 0 Å². The molecular formula is C13H15ClN4O2S. The van der Waals surface area contributed by atoms with Crippen LogP contribution in [0.25, 0.3) is 0 Å². The molecule has 2 aromatic rings. The molecule has 6 nitrogen and oxygen atoms in total. The van der Waals surface area contributed by atoms with E-state index in [9.17, 15) is 8.42 Å². The highest BCUT2D eigenvalue weighted by atomic mass is 35.5. The van der Waals surface area contributed by atoms with Gasteiger partial charge in [0.1, 0.15) is 4.90 Å². The number of rotatable bonds is 5. The summed E-state index contributed by atoms with van der Waals surface area (Å²) in [7, 11) is 0.170. The Kier molecular flexibility index (Phi) is 4.76. The molecule has 112 valence electrons. The highest BCUT2D eigenvalue weighted by molar-refractivity contribution is 7.92. The van der Waals surface area contributed by atoms with Gasteiger partial charge in [0.25, 0.3) is 10.0 Å². The second-order valence-corrected chi connectivity index (χ2v) is 6.75. The number of benzene rings is 1. The maximum Gasteiger partial charge on any atom is 0.264 e. The first kappa shape index (κ1) is 15.7. The highest BCUT2D eigenvalue weighted by Crippen LogP contribution is 2.17. The van der Waals surface area contributed by atoms with Crippen LogP contribution in [0.5, 0.6) is 0 Å². The Hall–Kier alpha value is -1.70. The van der Waals surface area contributed by atoms with E-state index in [0.29, 0.717) is 5.69 Å². The third kappa shape index (κ3) is 4.38. The number of aromatic nitrogens is 2. The molecule has 0 radical (unpaired) electrons. The standard InChI is InChI=1S/C13H15ClN4O2S/c1-18(2)9-10-4-3-5-11(6-10)17-21(19,20)12-7-15-13(14)16-8-12/h3-8,17H,9H2,1-2H3. The van der Waals surface area contributed by atoms with Gasteiger partial charge < -0.3 is 4.90 Å². The molecule has 1 N–H and O–H groups in total. The summed E-state index contributed by atoms with van der Waals surface area (Å²) in [5.41, 5.74) is 1.50. The van der Waals surface area contributed by atoms with Gasteiger partial charge in [-0.2, -0.15) is 0 Å². The summed E-state index contributed by atoms with van der Waals surface area (Å²) in [5, 5.41) is 0.00179. The topological polar surface area (TPSA) is 75.2 Å². The van der Waals surface area contributed by atoms with Crippen molar-refractivity contribution in [1.82, 2.24) is 14.9 Å². The summed E-state index contributed by atoms with van der Waals surface area (Å²) in [6, 6.07) is 7.21. The smallest absolute Gasteiger partial charge is 0.264 e. The SMILES string of the molecule is CN(C)Cc1cccc(NS(=O)(=O)c2cnc(Cl)nc2)c1. The fourth-order valence-electron chi connectivity index (χ4n) is 1.75. The van der Waals surface area contributed by atoms with Crippen LogP contribution in [0.2, 0.25) is 5.28 Å². The molecule has 0 atom stereocenters. The predicted octanol–water partition coefficient (Wildman–Crippen LogP) is 1.99. The average Bonchev–Trinajstić information content (AvgIpc) is 2.38. The largest absolute Gasteiger partial charge is 0.305 e. The van der Waals surface area contributed by atoms with E-state index >= 15 is 0 Å². The van der Waals surface area contributed by atoms with Crippen LogP contribution in [-0.4, -0.2) is 37.4 Å². The van der Waals surface area contributed by atoms with E-state index in [2.05, 4.69) is 14.7 Å². The summed E-state index contributed by atoms with van der Waals surface area (Å²) in [4.78, 5) is 9.31. The Bertz CT molecular complexity index is 717. The summed E-state index contributed by atoms with van der Waals surface area (Å²) in [6.45, 7) is 0.722. The Morgan fingerprint density at radius 2 is 1.90 bits per heavy atom. The maximum atomic E-state index is 12.2. The van der Waals surface area contributed by atoms with Crippen LogP contribution in [0.15, 0.2) is 41.6 Å². The molecule has 2 rings (SSSR count). The van der Waals surface area contributed by atoms with Crippen LogP contribution < -0.4 is 4.72 Å². The van der Waals surface area contributed by atoms with Crippen LogP contribution >= 0.6 is 11.6 Å². The minimum absolute atomic E-state index is 0.00179. The van der Waals surface area contributed by atoms with Crippen LogP contribution in [0.1, 0.15) is 5.56 Å². The first-order chi connectivity index (χ1) is 9.87. The van der Waals surface area contributed by atoms with Crippen LogP contribution in [0.4, 0.5) is 5.69 Å². The van der Waals surface area contributed by atoms with Crippen molar-refractivity contribution in [3.05, 3.63) is 47.5 Å². The maximum absolute atomic E-state index is 12.2. The first-order valence-corrected chi connectivity index (χ1v) is 7.97. The number of anilines is 1. The lowest BCUT2D eigenvalue weighted by atomic mass is 10.2. The number of sulfonamides is 1. The summed E-state index contributed by atoms with van der Waals surface area (Å²) in [5.74, 6) is 0. The number of hydrogen-bond acceptors (Lipinski definition) is 5. The van der Waals surface area contributed by atoms with Gasteiger partial charge in [0, 0.05) is 12.2 Å². The zero-order chi connectivity index (χ0) is 15.5. The van der Waals surface area contributed by atoms with Gasteiger partial charge in [-0.15, -0.1) is 0 Å². The van der Waals surface area contributed by atoms with Crippen molar-refractivity contribution in [2.75, 3.05) is 18.8 Å². The van der Waals surface area contributed by atoms with Gasteiger partial charge in [-0.1, -0.05) is 12.1 Å². The molecule has 1 aromatic heterocycles. The molecular weight excluding hydrogens is 312 g/mol. The van der Waals surface area contributed by atoms with Crippen molar-refractivity contribution in [3.63, 3.8) is 0 Å². The van der Waals surface area contributed by atoms with E-state index in [1.807, 2.05) is 25.1 Å². The van der Waals surface area contributed by atoms with Crippen molar-refractivity contribution in [2.24, 2.45) is 0 Å². The molecule has 1 heterocycles. The van der Waals surface area contributed by atoms with Gasteiger partial charge in [0.05, 0.1) is 12.4 Å². The molecule has 0 aliphatic rings. The monoisotopic (exact) mass is 326 g/mol. The normalized spacial score (nSPS) is 11.6. The van der Waals surface area contributed by atoms with E-state index < -0.39 is 10.0 Å². The van der Waals surface area contributed by atoms with Crippen molar-refractivity contribution >= 4 is 27.3 Å². The van der Waals surface area contributed by atoms with E-state index in [-0.39, 0.29) is 10.2 Å². The first-order valence-electron chi connectivity index (χ1n) is 6.11. The second kappa shape index (κ2) is 6.38. The molecule has 0 aliphatic heterocycles. The molecule has 0 fully saturated rings. The van der Waals surface area contributed by atoms with Gasteiger partial charge >= 0.3 is 0 Å². The fraction of sp³-hybridized carbons (Fsp3) is 0.231. The van der Waals surface area contributed by atoms with Crippen molar-refractivity contribution in [3.8, 4) is 0 Å². The molecule has 0 aliphatic carbocycles. The Morgan fingerprint density at radius 1 is 1.24 bits per heavy atom. The zero-order valence-electron chi connectivity index (χ0n) is 11.6. The molecule has 0 saturated carbocycles. The minimum Gasteiger partial charge on any atom is -0.305 e. The van der Waals surface area contributed by atoms with E-state index in [0.717, 1.165) is 12.1 Å². The molecule has 0 spiro atoms. The Balaban J connectivity index is 2.22. The zero-order valence-corrected chi connectivity index (χ0v) is 13.2. The van der Waals surface area contributed by atoms with Gasteiger partial charge in [0.2, 0.25) is 5.28 Å². The lowest BCUT2D eigenvalue weighted by Crippen LogP contribution is -2.14. The van der Waals surface area contributed by atoms with E-state index in [1.54, 1.807) is 18.2 Å². The minimum atomic E-state index is -3.72. The van der Waals surface area contributed by atoms with Crippen LogP contribution in [-0.2, 0) is 16.6 Å². The predicted molar refractivity (Wildman–Crippen MR) is 81.7 cm³/mol. The summed E-state index contributed by atoms with van der Waals surface area (Å²) in [6.07, 6.45) is 2.34. The summed E-state index contributed by atoms with van der Waals surface area (Å²) >= 11 is 5.55. The molecule has 21 heavy (non-hydrogen) atoms. The Labute approximate surface area is 128 Å². The third-order valence-corrected chi connectivity index (χ3v) is 4.12. The lowest BCUT2D eigenvalue weighted by Gasteiger charge is -2.12. The third-order valence-electron chi connectivity index (χ3n) is 2.58. The fourth-order valence-corrected chi connectivity index (χ4v) is 2.79. The van der Waals surface area contributed by atoms with Crippen molar-refractivity contribution < 1.29 is 8.42 Å². The van der Waals surface area contributed by atoms with Gasteiger partial charge in [-0.25, -0.2) is 18.4 Å². The highest BCUT2D eigenvalue weighted by Gasteiger charge is 2.15. The van der Waals surface area contributed by atoms with E-state index in [4.69, 9.17) is 11.6 Å². The molecule has 0 amide bonds. The molecule has 1 aromatic carbocycles. The molecule has 0 saturated heterocycles. The van der Waals surface area contributed by atoms with Gasteiger partial charge in [-0.3, -0.25) is 4.72 Å². The Morgan fingerprint density at radius 3 is 2.52 bits per heavy atom. The number of halogens is 1. The van der Waals surface area contributed by atoms with Crippen LogP contribution in [0.3, 0.4) is 0 Å². The molecule has 0 unspecified atom stereocenters.